The number of fused-ring (bicyclic) bond motifs is 2. The fourth-order valence-corrected chi connectivity index (χ4v) is 15.3. The molecule has 8 nitrogen and oxygen atoms in total. The van der Waals surface area contributed by atoms with E-state index in [0.29, 0.717) is 53.4 Å². The Morgan fingerprint density at radius 1 is 0.604 bits per heavy atom. The molecule has 0 atom stereocenters. The maximum absolute atomic E-state index is 12.7. The van der Waals surface area contributed by atoms with Crippen molar-refractivity contribution in [2.24, 2.45) is 0 Å². The van der Waals surface area contributed by atoms with Crippen LogP contribution in [0.4, 0.5) is 4.79 Å². The van der Waals surface area contributed by atoms with Crippen LogP contribution in [0.15, 0.2) is 159 Å². The van der Waals surface area contributed by atoms with Gasteiger partial charge in [0.05, 0.1) is 23.6 Å². The van der Waals surface area contributed by atoms with Crippen LogP contribution >= 0.6 is 26.3 Å². The van der Waals surface area contributed by atoms with E-state index in [1.54, 1.807) is 42.7 Å². The second kappa shape index (κ2) is 16.3. The van der Waals surface area contributed by atoms with Gasteiger partial charge < -0.3 is 13.6 Å². The van der Waals surface area contributed by atoms with Gasteiger partial charge in [0.1, 0.15) is 16.9 Å². The predicted octanol–water partition coefficient (Wildman–Crippen LogP) is 9.56. The molecule has 2 aromatic heterocycles. The van der Waals surface area contributed by atoms with Crippen molar-refractivity contribution in [1.82, 2.24) is 0 Å². The molecule has 0 N–H and O–H groups in total. The average Bonchev–Trinajstić information content (AvgIpc) is 3.67. The summed E-state index contributed by atoms with van der Waals surface area (Å²) in [5, 5.41) is 5.38. The molecule has 0 fully saturated rings. The van der Waals surface area contributed by atoms with Crippen molar-refractivity contribution < 1.29 is 32.6 Å². The number of rotatable bonds is 15. The van der Waals surface area contributed by atoms with E-state index < -0.39 is 16.0 Å². The standard InChI is InChI=1S/C43H38IO8P/c44-53(34-13-4-1-5-14-34,35-15-6-2-7-16-35,36-17-8-3-9-18-36)30-12-28-50-43(46)51-33-21-19-32(20-22-33)47-26-10-11-27-49-42-37-23-24-41(45)52-40(37)31-39-38(42)25-29-48-39/h1-9,13-25,29,31H,10-12,26-28,30H2. The number of hydrogen-bond donors (Lipinski definition) is 0. The first-order chi connectivity index (χ1) is 25.9. The molecule has 0 aliphatic carbocycles. The van der Waals surface area contributed by atoms with E-state index in [1.807, 2.05) is 24.3 Å². The van der Waals surface area contributed by atoms with E-state index in [1.165, 1.54) is 22.0 Å². The van der Waals surface area contributed by atoms with Gasteiger partial charge in [0.15, 0.2) is 0 Å². The van der Waals surface area contributed by atoms with E-state index >= 15 is 0 Å². The van der Waals surface area contributed by atoms with E-state index in [2.05, 4.69) is 94.8 Å². The summed E-state index contributed by atoms with van der Waals surface area (Å²) in [6, 6.07) is 45.5. The average molecular weight is 841 g/mol. The molecule has 0 spiro atoms. The third-order valence-corrected chi connectivity index (χ3v) is 21.0. The van der Waals surface area contributed by atoms with Gasteiger partial charge in [0, 0.05) is 12.1 Å². The summed E-state index contributed by atoms with van der Waals surface area (Å²) in [4.78, 5) is 24.4. The second-order valence-corrected chi connectivity index (χ2v) is 23.3. The third kappa shape index (κ3) is 7.82. The fraction of sp³-hybridized carbons (Fsp3) is 0.163. The Kier molecular flexibility index (Phi) is 11.1. The Morgan fingerprint density at radius 2 is 1.17 bits per heavy atom. The molecule has 0 aliphatic rings. The number of carbonyl (C=O) groups excluding carboxylic acids is 1. The van der Waals surface area contributed by atoms with Crippen LogP contribution in [0.5, 0.6) is 17.2 Å². The van der Waals surface area contributed by atoms with Gasteiger partial charge in [-0.3, -0.25) is 0 Å². The molecule has 0 saturated carbocycles. The zero-order chi connectivity index (χ0) is 36.5. The molecular weight excluding hydrogens is 802 g/mol. The summed E-state index contributed by atoms with van der Waals surface area (Å²) >= 11 is 2.73. The number of hydrogen-bond acceptors (Lipinski definition) is 8. The molecule has 0 bridgehead atoms. The quantitative estimate of drug-likeness (QED) is 0.0252. The van der Waals surface area contributed by atoms with Gasteiger partial charge in [-0.05, 0) is 25.0 Å². The monoisotopic (exact) mass is 840 g/mol. The van der Waals surface area contributed by atoms with Gasteiger partial charge in [0.25, 0.3) is 0 Å². The molecule has 0 amide bonds. The Bertz CT molecular complexity index is 2240. The molecule has 270 valence electrons. The maximum atomic E-state index is 12.7. The van der Waals surface area contributed by atoms with Crippen molar-refractivity contribution in [1.29, 1.82) is 0 Å². The van der Waals surface area contributed by atoms with Crippen LogP contribution in [-0.4, -0.2) is 32.1 Å². The van der Waals surface area contributed by atoms with Crippen LogP contribution in [-0.2, 0) is 4.74 Å². The molecule has 53 heavy (non-hydrogen) atoms. The third-order valence-electron chi connectivity index (χ3n) is 9.21. The van der Waals surface area contributed by atoms with Crippen LogP contribution in [0.2, 0.25) is 0 Å². The molecule has 0 aliphatic heterocycles. The van der Waals surface area contributed by atoms with Gasteiger partial charge in [-0.15, -0.1) is 0 Å². The summed E-state index contributed by atoms with van der Waals surface area (Å²) in [5.74, 6) is 1.66. The second-order valence-electron chi connectivity index (χ2n) is 12.5. The molecule has 2 heterocycles. The number of ether oxygens (including phenoxy) is 4. The van der Waals surface area contributed by atoms with Gasteiger partial charge in [-0.2, -0.15) is 0 Å². The topological polar surface area (TPSA) is 97.3 Å². The molecule has 0 saturated heterocycles. The molecule has 0 radical (unpaired) electrons. The van der Waals surface area contributed by atoms with E-state index in [9.17, 15) is 9.59 Å². The Balaban J connectivity index is 0.891. The minimum absolute atomic E-state index is 0.223. The fourth-order valence-electron chi connectivity index (χ4n) is 6.63. The van der Waals surface area contributed by atoms with Crippen molar-refractivity contribution in [3.63, 3.8) is 0 Å². The van der Waals surface area contributed by atoms with E-state index in [4.69, 9.17) is 27.8 Å². The summed E-state index contributed by atoms with van der Waals surface area (Å²) < 4.78 is 31.0. The van der Waals surface area contributed by atoms with Crippen LogP contribution in [0.3, 0.4) is 0 Å². The van der Waals surface area contributed by atoms with Crippen LogP contribution < -0.4 is 35.7 Å². The predicted molar refractivity (Wildman–Crippen MR) is 220 cm³/mol. The van der Waals surface area contributed by atoms with Gasteiger partial charge in [-0.25, -0.2) is 4.79 Å². The van der Waals surface area contributed by atoms with E-state index in [-0.39, 0.29) is 6.61 Å². The first kappa shape index (κ1) is 36.2. The molecule has 0 unspecified atom stereocenters. The van der Waals surface area contributed by atoms with Crippen molar-refractivity contribution in [3.8, 4) is 17.2 Å². The van der Waals surface area contributed by atoms with Gasteiger partial charge in [-0.1, -0.05) is 0 Å². The summed E-state index contributed by atoms with van der Waals surface area (Å²) in [6.07, 6.45) is 3.79. The van der Waals surface area contributed by atoms with Gasteiger partial charge >= 0.3 is 226 Å². The number of halogens is 1. The normalized spacial score (nSPS) is 12.2. The van der Waals surface area contributed by atoms with Crippen LogP contribution in [0.1, 0.15) is 19.3 Å². The SMILES string of the molecule is O=C(OCCCP(I)(c1ccccc1)(c1ccccc1)c1ccccc1)Oc1ccc(OCCCCOc2c3ccoc3cc3oc(=O)ccc23)cc1. The number of furan rings is 1. The Hall–Kier alpha value is -5.12. The Morgan fingerprint density at radius 3 is 1.79 bits per heavy atom. The molecule has 7 aromatic rings. The number of unbranched alkanes of at least 4 members (excludes halogenated alkanes) is 1. The number of benzene rings is 5. The van der Waals surface area contributed by atoms with Crippen molar-refractivity contribution >= 4 is 70.3 Å². The zero-order valence-electron chi connectivity index (χ0n) is 28.9. The molecule has 5 aromatic carbocycles. The van der Waals surface area contributed by atoms with E-state index in [0.717, 1.165) is 24.4 Å². The summed E-state index contributed by atoms with van der Waals surface area (Å²) in [7, 11) is 0. The van der Waals surface area contributed by atoms with Crippen molar-refractivity contribution in [2.45, 2.75) is 19.3 Å². The van der Waals surface area contributed by atoms with Crippen molar-refractivity contribution in [2.75, 3.05) is 26.0 Å². The van der Waals surface area contributed by atoms with Crippen molar-refractivity contribution in [3.05, 3.63) is 156 Å². The van der Waals surface area contributed by atoms with Crippen LogP contribution in [0.25, 0.3) is 21.9 Å². The van der Waals surface area contributed by atoms with Crippen LogP contribution in [0, 0.1) is 0 Å². The summed E-state index contributed by atoms with van der Waals surface area (Å²) in [5.41, 5.74) is 0.581. The van der Waals surface area contributed by atoms with Gasteiger partial charge in [0.2, 0.25) is 0 Å². The Labute approximate surface area is 320 Å². The minimum atomic E-state index is -2.95. The first-order valence-corrected chi connectivity index (χ1v) is 22.7. The summed E-state index contributed by atoms with van der Waals surface area (Å²) in [6.45, 7) is 1.15. The number of carbonyl (C=O) groups is 1. The molecule has 7 rings (SSSR count). The molecular formula is C43H38IO8P. The first-order valence-electron chi connectivity index (χ1n) is 17.5. The molecule has 10 heteroatoms. The zero-order valence-corrected chi connectivity index (χ0v) is 31.9.